The zero-order chi connectivity index (χ0) is 20.3. The molecule has 1 N–H and O–H groups in total. The lowest BCUT2D eigenvalue weighted by Gasteiger charge is -2.27. The number of Topliss-reactive ketones (excluding diaryl/α,β-unsaturated/α-hetero) is 1. The summed E-state index contributed by atoms with van der Waals surface area (Å²) in [6.07, 6.45) is 2.27. The van der Waals surface area contributed by atoms with E-state index in [1.54, 1.807) is 0 Å². The quantitative estimate of drug-likeness (QED) is 0.501. The van der Waals surface area contributed by atoms with E-state index in [0.29, 0.717) is 37.2 Å². The summed E-state index contributed by atoms with van der Waals surface area (Å²) in [5, 5.41) is 17.3. The van der Waals surface area contributed by atoms with Crippen molar-refractivity contribution in [1.82, 2.24) is 0 Å². The Morgan fingerprint density at radius 3 is 2.50 bits per heavy atom. The van der Waals surface area contributed by atoms with Crippen LogP contribution in [0.1, 0.15) is 62.1 Å². The first-order chi connectivity index (χ1) is 13.5. The van der Waals surface area contributed by atoms with Gasteiger partial charge >= 0.3 is 0 Å². The van der Waals surface area contributed by atoms with E-state index in [9.17, 15) is 9.90 Å². The minimum atomic E-state index is -0.0512. The molecule has 0 saturated carbocycles. The van der Waals surface area contributed by atoms with Crippen molar-refractivity contribution in [2.75, 3.05) is 6.61 Å². The summed E-state index contributed by atoms with van der Waals surface area (Å²) in [5.74, 6) is 0.0543. The molecule has 0 heterocycles. The lowest BCUT2D eigenvalue weighted by Crippen LogP contribution is -2.24. The van der Waals surface area contributed by atoms with Gasteiger partial charge in [0.25, 0.3) is 0 Å². The van der Waals surface area contributed by atoms with E-state index < -0.39 is 0 Å². The highest BCUT2D eigenvalue weighted by molar-refractivity contribution is 6.23. The number of rotatable bonds is 6. The monoisotopic (exact) mass is 379 g/mol. The number of hydrogen-bond acceptors (Lipinski definition) is 4. The van der Waals surface area contributed by atoms with E-state index >= 15 is 0 Å². The average molecular weight is 380 g/mol. The minimum Gasteiger partial charge on any atom is -0.511 e. The summed E-state index contributed by atoms with van der Waals surface area (Å²) >= 11 is 0. The zero-order valence-corrected chi connectivity index (χ0v) is 17.2. The fraction of sp³-hybridized carbons (Fsp3) is 0.417. The molecule has 0 bridgehead atoms. The van der Waals surface area contributed by atoms with E-state index in [4.69, 9.17) is 4.84 Å². The van der Waals surface area contributed by atoms with E-state index in [1.165, 1.54) is 27.5 Å². The normalized spacial score (nSPS) is 18.1. The average Bonchev–Trinajstić information content (AvgIpc) is 2.65. The fourth-order valence-electron chi connectivity index (χ4n) is 4.32. The third-order valence-electron chi connectivity index (χ3n) is 5.43. The van der Waals surface area contributed by atoms with E-state index in [2.05, 4.69) is 37.2 Å². The molecule has 28 heavy (non-hydrogen) atoms. The third-order valence-corrected chi connectivity index (χ3v) is 5.43. The maximum atomic E-state index is 13.0. The molecule has 3 rings (SSSR count). The lowest BCUT2D eigenvalue weighted by molar-refractivity contribution is -0.116. The molecular formula is C24H29NO3. The van der Waals surface area contributed by atoms with Crippen molar-refractivity contribution in [3.8, 4) is 0 Å². The fourth-order valence-corrected chi connectivity index (χ4v) is 4.32. The van der Waals surface area contributed by atoms with Crippen LogP contribution in [-0.4, -0.2) is 23.2 Å². The van der Waals surface area contributed by atoms with Crippen LogP contribution in [0.25, 0.3) is 10.8 Å². The Hall–Kier alpha value is -2.62. The van der Waals surface area contributed by atoms with Crippen molar-refractivity contribution < 1.29 is 14.7 Å². The number of aliphatic hydroxyl groups is 1. The highest BCUT2D eigenvalue weighted by Gasteiger charge is 2.33. The second kappa shape index (κ2) is 8.59. The van der Waals surface area contributed by atoms with E-state index in [0.717, 1.165) is 6.42 Å². The Kier molecular flexibility index (Phi) is 6.18. The molecule has 1 unspecified atom stereocenters. The molecule has 0 saturated heterocycles. The third kappa shape index (κ3) is 3.82. The highest BCUT2D eigenvalue weighted by Crippen LogP contribution is 2.40. The van der Waals surface area contributed by atoms with Crippen molar-refractivity contribution in [3.63, 3.8) is 0 Å². The van der Waals surface area contributed by atoms with Gasteiger partial charge in [-0.05, 0) is 60.6 Å². The number of fused-ring (bicyclic) bond motifs is 1. The molecule has 1 aliphatic rings. The molecule has 2 aromatic rings. The lowest BCUT2D eigenvalue weighted by atomic mass is 9.77. The number of carbonyl (C=O) groups excluding carboxylic acids is 1. The van der Waals surface area contributed by atoms with Gasteiger partial charge in [-0.15, -0.1) is 0 Å². The molecule has 0 spiro atoms. The first kappa shape index (κ1) is 20.1. The molecule has 4 heteroatoms. The van der Waals surface area contributed by atoms with Gasteiger partial charge in [0.1, 0.15) is 12.4 Å². The van der Waals surface area contributed by atoms with Crippen LogP contribution >= 0.6 is 0 Å². The molecule has 2 aromatic carbocycles. The summed E-state index contributed by atoms with van der Waals surface area (Å²) in [4.78, 5) is 18.2. The number of aryl methyl sites for hydroxylation is 2. The minimum absolute atomic E-state index is 0.0308. The maximum absolute atomic E-state index is 13.0. The second-order valence-corrected chi connectivity index (χ2v) is 7.53. The van der Waals surface area contributed by atoms with Crippen LogP contribution in [0.4, 0.5) is 0 Å². The van der Waals surface area contributed by atoms with Crippen LogP contribution in [0.5, 0.6) is 0 Å². The second-order valence-electron chi connectivity index (χ2n) is 7.53. The number of aliphatic hydroxyl groups excluding tert-OH is 1. The van der Waals surface area contributed by atoms with Gasteiger partial charge in [0, 0.05) is 12.8 Å². The number of carbonyl (C=O) groups is 1. The van der Waals surface area contributed by atoms with Crippen LogP contribution in [0, 0.1) is 13.8 Å². The van der Waals surface area contributed by atoms with Gasteiger partial charge in [-0.3, -0.25) is 4.79 Å². The van der Waals surface area contributed by atoms with E-state index in [-0.39, 0.29) is 17.5 Å². The van der Waals surface area contributed by atoms with Gasteiger partial charge in [-0.2, -0.15) is 0 Å². The highest BCUT2D eigenvalue weighted by atomic mass is 16.6. The van der Waals surface area contributed by atoms with Gasteiger partial charge in [-0.25, -0.2) is 0 Å². The first-order valence-corrected chi connectivity index (χ1v) is 10.1. The number of allylic oxidation sites excluding steroid dienone is 2. The standard InChI is InChI=1S/C24H29NO3/c1-5-9-20(25-28-6-2)24-21(26)13-17(14-22(24)27)23-16(4)12-15(3)18-10-7-8-11-19(18)23/h7-8,10-12,17,26H,5-6,9,13-14H2,1-4H3. The van der Waals surface area contributed by atoms with Crippen LogP contribution in [0.2, 0.25) is 0 Å². The largest absolute Gasteiger partial charge is 0.511 e. The van der Waals surface area contributed by atoms with Gasteiger partial charge in [-0.1, -0.05) is 48.8 Å². The van der Waals surface area contributed by atoms with Crippen LogP contribution < -0.4 is 0 Å². The smallest absolute Gasteiger partial charge is 0.168 e. The molecule has 0 aliphatic heterocycles. The topological polar surface area (TPSA) is 58.9 Å². The van der Waals surface area contributed by atoms with Crippen LogP contribution in [0.15, 0.2) is 46.8 Å². The summed E-state index contributed by atoms with van der Waals surface area (Å²) in [6, 6.07) is 10.5. The zero-order valence-electron chi connectivity index (χ0n) is 17.2. The van der Waals surface area contributed by atoms with E-state index in [1.807, 2.05) is 26.0 Å². The first-order valence-electron chi connectivity index (χ1n) is 10.1. The van der Waals surface area contributed by atoms with Gasteiger partial charge in [0.15, 0.2) is 5.78 Å². The molecule has 0 aromatic heterocycles. The molecule has 1 aliphatic carbocycles. The van der Waals surface area contributed by atoms with Gasteiger partial charge in [0.05, 0.1) is 11.3 Å². The summed E-state index contributed by atoms with van der Waals surface area (Å²) < 4.78 is 0. The van der Waals surface area contributed by atoms with Crippen molar-refractivity contribution in [1.29, 1.82) is 0 Å². The van der Waals surface area contributed by atoms with Crippen molar-refractivity contribution in [3.05, 3.63) is 58.4 Å². The van der Waals surface area contributed by atoms with Gasteiger partial charge in [0.2, 0.25) is 0 Å². The van der Waals surface area contributed by atoms with Crippen molar-refractivity contribution in [2.45, 2.75) is 59.3 Å². The van der Waals surface area contributed by atoms with Crippen LogP contribution in [-0.2, 0) is 9.63 Å². The Morgan fingerprint density at radius 2 is 1.86 bits per heavy atom. The number of nitrogens with zero attached hydrogens (tertiary/aromatic N) is 1. The number of benzene rings is 2. The van der Waals surface area contributed by atoms with Gasteiger partial charge < -0.3 is 9.94 Å². The Bertz CT molecular complexity index is 956. The summed E-state index contributed by atoms with van der Waals surface area (Å²) in [5.41, 5.74) is 4.49. The SMILES string of the molecule is CCCC(=NOCC)C1=C(O)CC(c2c(C)cc(C)c3ccccc23)CC1=O. The van der Waals surface area contributed by atoms with Crippen molar-refractivity contribution in [2.24, 2.45) is 5.16 Å². The molecule has 0 fully saturated rings. The predicted octanol–water partition coefficient (Wildman–Crippen LogP) is 5.91. The Balaban J connectivity index is 2.04. The molecule has 148 valence electrons. The number of oxime groups is 1. The maximum Gasteiger partial charge on any atom is 0.168 e. The summed E-state index contributed by atoms with van der Waals surface area (Å²) in [6.45, 7) is 8.52. The molecular weight excluding hydrogens is 350 g/mol. The summed E-state index contributed by atoms with van der Waals surface area (Å²) in [7, 11) is 0. The Labute approximate surface area is 166 Å². The Morgan fingerprint density at radius 1 is 1.14 bits per heavy atom. The van der Waals surface area contributed by atoms with Crippen LogP contribution in [0.3, 0.4) is 0 Å². The predicted molar refractivity (Wildman–Crippen MR) is 114 cm³/mol. The molecule has 0 radical (unpaired) electrons. The molecule has 1 atom stereocenters. The molecule has 4 nitrogen and oxygen atoms in total. The number of hydrogen-bond donors (Lipinski definition) is 1. The van der Waals surface area contributed by atoms with Crippen molar-refractivity contribution >= 4 is 22.3 Å². The number of ketones is 1. The molecule has 0 amide bonds.